The zero-order valence-corrected chi connectivity index (χ0v) is 33.3. The van der Waals surface area contributed by atoms with Gasteiger partial charge in [-0.3, -0.25) is 0 Å². The number of benzene rings is 6. The van der Waals surface area contributed by atoms with Gasteiger partial charge in [-0.25, -0.2) is 0 Å². The van der Waals surface area contributed by atoms with Crippen molar-refractivity contribution in [1.29, 1.82) is 0 Å². The van der Waals surface area contributed by atoms with Crippen LogP contribution in [0.25, 0.3) is 22.3 Å². The Bertz CT molecular complexity index is 2830. The highest BCUT2D eigenvalue weighted by atomic mass is 15.1. The van der Waals surface area contributed by atoms with Crippen LogP contribution in [-0.2, 0) is 10.8 Å². The van der Waals surface area contributed by atoms with Crippen molar-refractivity contribution in [3.8, 4) is 22.3 Å². The minimum atomic E-state index is -0.572. The van der Waals surface area contributed by atoms with E-state index in [2.05, 4.69) is 230 Å². The molecular formula is C58H45N. The Balaban J connectivity index is 1.25. The summed E-state index contributed by atoms with van der Waals surface area (Å²) in [7, 11) is 0. The van der Waals surface area contributed by atoms with Crippen LogP contribution < -0.4 is 4.90 Å². The third-order valence-corrected chi connectivity index (χ3v) is 13.5. The van der Waals surface area contributed by atoms with Crippen LogP contribution in [-0.4, -0.2) is 0 Å². The molecule has 0 bridgehead atoms. The highest BCUT2D eigenvalue weighted by Gasteiger charge is 2.64. The third kappa shape index (κ3) is 4.98. The van der Waals surface area contributed by atoms with E-state index < -0.39 is 10.8 Å². The van der Waals surface area contributed by atoms with Crippen LogP contribution in [0.15, 0.2) is 247 Å². The highest BCUT2D eigenvalue weighted by Crippen LogP contribution is 2.71. The molecule has 282 valence electrons. The van der Waals surface area contributed by atoms with E-state index in [0.717, 1.165) is 23.5 Å². The predicted octanol–water partition coefficient (Wildman–Crippen LogP) is 14.6. The van der Waals surface area contributed by atoms with Crippen LogP contribution in [0.5, 0.6) is 0 Å². The monoisotopic (exact) mass is 755 g/mol. The van der Waals surface area contributed by atoms with Gasteiger partial charge in [-0.1, -0.05) is 189 Å². The number of nitrogens with zero attached hydrogens (tertiary/aromatic N) is 1. The molecule has 0 radical (unpaired) electrons. The average molecular weight is 756 g/mol. The zero-order valence-electron chi connectivity index (χ0n) is 33.3. The molecule has 0 aliphatic heterocycles. The Morgan fingerprint density at radius 2 is 1.24 bits per heavy atom. The smallest absolute Gasteiger partial charge is 0.0719 e. The lowest BCUT2D eigenvalue weighted by Gasteiger charge is -2.52. The Kier molecular flexibility index (Phi) is 8.27. The molecule has 0 aromatic heterocycles. The van der Waals surface area contributed by atoms with Gasteiger partial charge >= 0.3 is 0 Å². The van der Waals surface area contributed by atoms with E-state index >= 15 is 0 Å². The zero-order chi connectivity index (χ0) is 39.6. The summed E-state index contributed by atoms with van der Waals surface area (Å²) in [4.78, 5) is 2.43. The highest BCUT2D eigenvalue weighted by molar-refractivity contribution is 5.92. The van der Waals surface area contributed by atoms with Crippen LogP contribution in [0.3, 0.4) is 0 Å². The van der Waals surface area contributed by atoms with E-state index in [-0.39, 0.29) is 11.8 Å². The molecule has 2 spiro atoms. The molecule has 1 fully saturated rings. The van der Waals surface area contributed by atoms with Gasteiger partial charge in [-0.15, -0.1) is 0 Å². The minimum absolute atomic E-state index is 0.145. The minimum Gasteiger partial charge on any atom is -0.310 e. The van der Waals surface area contributed by atoms with Crippen molar-refractivity contribution in [3.63, 3.8) is 0 Å². The molecule has 0 N–H and O–H groups in total. The summed E-state index contributed by atoms with van der Waals surface area (Å²) in [6.07, 6.45) is 26.5. The summed E-state index contributed by atoms with van der Waals surface area (Å²) >= 11 is 0. The number of rotatable bonds is 5. The fourth-order valence-corrected chi connectivity index (χ4v) is 11.3. The maximum Gasteiger partial charge on any atom is 0.0719 e. The second-order valence-electron chi connectivity index (χ2n) is 16.3. The van der Waals surface area contributed by atoms with Gasteiger partial charge in [0.05, 0.1) is 10.8 Å². The fourth-order valence-electron chi connectivity index (χ4n) is 11.3. The molecule has 3 atom stereocenters. The van der Waals surface area contributed by atoms with Crippen LogP contribution in [0, 0.1) is 11.8 Å². The number of anilines is 3. The summed E-state index contributed by atoms with van der Waals surface area (Å²) in [5.74, 6) is 0.366. The topological polar surface area (TPSA) is 3.24 Å². The van der Waals surface area contributed by atoms with Crippen molar-refractivity contribution < 1.29 is 0 Å². The summed E-state index contributed by atoms with van der Waals surface area (Å²) in [6, 6.07) is 56.1. The van der Waals surface area contributed by atoms with Crippen molar-refractivity contribution >= 4 is 17.1 Å². The molecule has 5 aliphatic carbocycles. The second-order valence-corrected chi connectivity index (χ2v) is 16.3. The molecule has 59 heavy (non-hydrogen) atoms. The summed E-state index contributed by atoms with van der Waals surface area (Å²) in [5, 5.41) is 0. The number of hydrogen-bond donors (Lipinski definition) is 0. The van der Waals surface area contributed by atoms with Crippen LogP contribution >= 0.6 is 0 Å². The Morgan fingerprint density at radius 3 is 1.97 bits per heavy atom. The predicted molar refractivity (Wildman–Crippen MR) is 247 cm³/mol. The quantitative estimate of drug-likeness (QED) is 0.169. The van der Waals surface area contributed by atoms with E-state index in [1.54, 1.807) is 0 Å². The third-order valence-electron chi connectivity index (χ3n) is 13.5. The van der Waals surface area contributed by atoms with Gasteiger partial charge in [0.2, 0.25) is 0 Å². The van der Waals surface area contributed by atoms with E-state index in [0.29, 0.717) is 0 Å². The molecule has 6 aromatic rings. The van der Waals surface area contributed by atoms with Gasteiger partial charge in [-0.05, 0) is 117 Å². The van der Waals surface area contributed by atoms with Gasteiger partial charge in [0, 0.05) is 28.9 Å². The molecule has 0 saturated heterocycles. The van der Waals surface area contributed by atoms with Gasteiger partial charge < -0.3 is 4.90 Å². The van der Waals surface area contributed by atoms with Gasteiger partial charge in [-0.2, -0.15) is 0 Å². The van der Waals surface area contributed by atoms with Crippen molar-refractivity contribution in [1.82, 2.24) is 0 Å². The molecule has 6 aromatic carbocycles. The number of para-hydroxylation sites is 1. The molecule has 5 aliphatic rings. The molecule has 1 heteroatoms. The lowest BCUT2D eigenvalue weighted by atomic mass is 9.49. The first-order valence-corrected chi connectivity index (χ1v) is 21.0. The van der Waals surface area contributed by atoms with Crippen LogP contribution in [0.2, 0.25) is 0 Å². The Hall–Kier alpha value is -6.96. The lowest BCUT2D eigenvalue weighted by molar-refractivity contribution is 0.414. The summed E-state index contributed by atoms with van der Waals surface area (Å²) in [6.45, 7) is 7.45. The van der Waals surface area contributed by atoms with Crippen LogP contribution in [0.4, 0.5) is 17.1 Å². The van der Waals surface area contributed by atoms with Crippen LogP contribution in [0.1, 0.15) is 35.6 Å². The standard InChI is InChI=1S/C58H45N/c1-3-4-28-50-40(2)57(51-29-13-7-12-24-46(51)47-25-14-17-30-52(47)57)56-39-45(37-38-55(56)58(50)53-31-18-15-26-48(53)49-27-16-19-32-54(49)58)59(43-22-10-6-11-23-43)44-35-33-42(34-36-44)41-20-8-5-9-21-41/h3-12,14-39,47,52H,2,13H2,1H3/b4-3-,50-28+. The normalized spacial score (nSPS) is 22.1. The lowest BCUT2D eigenvalue weighted by Crippen LogP contribution is -2.47. The molecule has 1 nitrogen and oxygen atoms in total. The van der Waals surface area contributed by atoms with Gasteiger partial charge in [0.25, 0.3) is 0 Å². The maximum atomic E-state index is 5.33. The first-order valence-electron chi connectivity index (χ1n) is 21.0. The van der Waals surface area contributed by atoms with Gasteiger partial charge in [0.1, 0.15) is 0 Å². The van der Waals surface area contributed by atoms with Gasteiger partial charge in [0.15, 0.2) is 0 Å². The number of allylic oxidation sites excluding steroid dienone is 15. The first-order chi connectivity index (χ1) is 29.2. The Morgan fingerprint density at radius 1 is 0.610 bits per heavy atom. The van der Waals surface area contributed by atoms with E-state index in [9.17, 15) is 0 Å². The molecule has 1 saturated carbocycles. The molecule has 0 heterocycles. The summed E-state index contributed by atoms with van der Waals surface area (Å²) in [5.41, 5.74) is 17.8. The molecular weight excluding hydrogens is 711 g/mol. The van der Waals surface area contributed by atoms with E-state index in [1.165, 1.54) is 66.8 Å². The number of hydrogen-bond acceptors (Lipinski definition) is 1. The van der Waals surface area contributed by atoms with Crippen molar-refractivity contribution in [2.75, 3.05) is 4.90 Å². The maximum absolute atomic E-state index is 5.33. The summed E-state index contributed by atoms with van der Waals surface area (Å²) < 4.78 is 0. The molecule has 11 rings (SSSR count). The van der Waals surface area contributed by atoms with Crippen molar-refractivity contribution in [2.24, 2.45) is 11.8 Å². The number of fused-ring (bicyclic) bond motifs is 13. The largest absolute Gasteiger partial charge is 0.310 e. The first kappa shape index (κ1) is 35.2. The SMILES string of the molecule is C=C1/C(=C\C=C/C)C2(c3ccccc3-c3ccccc32)c2ccc(N(c3ccccc3)c3ccc(-c4ccccc4)cc3)cc2C12C1=CCC=CC=C1C1C=CC=CC12. The molecule has 0 amide bonds. The van der Waals surface area contributed by atoms with E-state index in [1.807, 2.05) is 0 Å². The van der Waals surface area contributed by atoms with Crippen molar-refractivity contribution in [2.45, 2.75) is 24.2 Å². The Labute approximate surface area is 348 Å². The fraction of sp³-hybridized carbons (Fsp3) is 0.103. The van der Waals surface area contributed by atoms with Crippen molar-refractivity contribution in [3.05, 3.63) is 270 Å². The van der Waals surface area contributed by atoms with E-state index in [4.69, 9.17) is 6.58 Å². The second kappa shape index (κ2) is 13.9. The molecule has 3 unspecified atom stereocenters. The average Bonchev–Trinajstić information content (AvgIpc) is 3.59.